The molecule has 0 aromatic heterocycles. The maximum absolute atomic E-state index is 12.6. The summed E-state index contributed by atoms with van der Waals surface area (Å²) in [5.74, 6) is -0.471. The molecule has 0 spiro atoms. The average molecular weight is 496 g/mol. The number of nitrogens with one attached hydrogen (secondary N) is 2. The molecule has 0 atom stereocenters. The van der Waals surface area contributed by atoms with Crippen LogP contribution in [0.2, 0.25) is 0 Å². The van der Waals surface area contributed by atoms with Crippen LogP contribution in [0.5, 0.6) is 0 Å². The molecule has 2 amide bonds. The summed E-state index contributed by atoms with van der Waals surface area (Å²) in [7, 11) is -3.69. The molecule has 10 heteroatoms. The van der Waals surface area contributed by atoms with E-state index in [0.29, 0.717) is 37.6 Å². The van der Waals surface area contributed by atoms with Gasteiger partial charge in [-0.15, -0.1) is 0 Å². The molecule has 2 N–H and O–H groups in total. The minimum atomic E-state index is -3.69. The first-order valence-electron chi connectivity index (χ1n) is 9.37. The van der Waals surface area contributed by atoms with Crippen LogP contribution in [-0.2, 0) is 19.6 Å². The first-order chi connectivity index (χ1) is 14.3. The van der Waals surface area contributed by atoms with Gasteiger partial charge >= 0.3 is 0 Å². The van der Waals surface area contributed by atoms with Crippen molar-refractivity contribution < 1.29 is 22.7 Å². The van der Waals surface area contributed by atoms with Gasteiger partial charge in [0, 0.05) is 41.8 Å². The van der Waals surface area contributed by atoms with Crippen molar-refractivity contribution in [2.45, 2.75) is 11.3 Å². The predicted octanol–water partition coefficient (Wildman–Crippen LogP) is 2.23. The van der Waals surface area contributed by atoms with E-state index < -0.39 is 10.0 Å². The minimum Gasteiger partial charge on any atom is -0.378 e. The Hall–Kier alpha value is -2.27. The topological polar surface area (TPSA) is 105 Å². The molecule has 0 radical (unpaired) electrons. The summed E-state index contributed by atoms with van der Waals surface area (Å²) < 4.78 is 32.9. The van der Waals surface area contributed by atoms with Crippen LogP contribution >= 0.6 is 15.9 Å². The number of halogens is 1. The third kappa shape index (κ3) is 6.11. The normalized spacial score (nSPS) is 14.4. The van der Waals surface area contributed by atoms with Crippen molar-refractivity contribution in [3.8, 4) is 0 Å². The fourth-order valence-electron chi connectivity index (χ4n) is 2.90. The molecule has 2 aromatic rings. The van der Waals surface area contributed by atoms with Crippen molar-refractivity contribution in [2.75, 3.05) is 38.2 Å². The Kier molecular flexibility index (Phi) is 7.59. The third-order valence-corrected chi connectivity index (χ3v) is 6.47. The molecule has 1 aliphatic heterocycles. The summed E-state index contributed by atoms with van der Waals surface area (Å²) in [6.45, 7) is 2.05. The average Bonchev–Trinajstić information content (AvgIpc) is 2.74. The van der Waals surface area contributed by atoms with Crippen molar-refractivity contribution in [1.29, 1.82) is 0 Å². The zero-order valence-corrected chi connectivity index (χ0v) is 18.5. The summed E-state index contributed by atoms with van der Waals surface area (Å²) in [5.41, 5.74) is 0.959. The lowest BCUT2D eigenvalue weighted by molar-refractivity contribution is -0.116. The molecular formula is C20H22BrN3O5S. The van der Waals surface area contributed by atoms with Gasteiger partial charge in [0.1, 0.15) is 0 Å². The molecule has 0 aliphatic carbocycles. The van der Waals surface area contributed by atoms with Gasteiger partial charge in [-0.05, 0) is 42.5 Å². The van der Waals surface area contributed by atoms with Crippen molar-refractivity contribution in [1.82, 2.24) is 9.62 Å². The fourth-order valence-corrected chi connectivity index (χ4v) is 4.19. The molecule has 1 saturated heterocycles. The van der Waals surface area contributed by atoms with E-state index in [9.17, 15) is 18.0 Å². The molecule has 8 nitrogen and oxygen atoms in total. The SMILES string of the molecule is O=C(CCNS(=O)(=O)c1ccc(Br)cc1)Nc1cccc(C(=O)N2CCOCC2)c1. The van der Waals surface area contributed by atoms with Crippen molar-refractivity contribution in [2.24, 2.45) is 0 Å². The van der Waals surface area contributed by atoms with Gasteiger partial charge in [-0.25, -0.2) is 13.1 Å². The Morgan fingerprint density at radius 2 is 1.77 bits per heavy atom. The number of amides is 2. The van der Waals surface area contributed by atoms with Gasteiger partial charge < -0.3 is 15.0 Å². The maximum Gasteiger partial charge on any atom is 0.254 e. The Morgan fingerprint density at radius 1 is 1.07 bits per heavy atom. The van der Waals surface area contributed by atoms with E-state index in [1.165, 1.54) is 12.1 Å². The molecule has 1 heterocycles. The van der Waals surface area contributed by atoms with Gasteiger partial charge in [0.05, 0.1) is 18.1 Å². The number of carbonyl (C=O) groups is 2. The lowest BCUT2D eigenvalue weighted by Crippen LogP contribution is -2.40. The van der Waals surface area contributed by atoms with Crippen LogP contribution in [0, 0.1) is 0 Å². The quantitative estimate of drug-likeness (QED) is 0.612. The van der Waals surface area contributed by atoms with E-state index in [-0.39, 0.29) is 29.7 Å². The maximum atomic E-state index is 12.6. The van der Waals surface area contributed by atoms with Crippen molar-refractivity contribution in [3.05, 3.63) is 58.6 Å². The number of benzene rings is 2. The van der Waals surface area contributed by atoms with Gasteiger partial charge in [-0.2, -0.15) is 0 Å². The molecular weight excluding hydrogens is 474 g/mol. The van der Waals surface area contributed by atoms with Gasteiger partial charge in [0.2, 0.25) is 15.9 Å². The lowest BCUT2D eigenvalue weighted by atomic mass is 10.1. The molecule has 2 aromatic carbocycles. The van der Waals surface area contributed by atoms with Gasteiger partial charge in [0.15, 0.2) is 0 Å². The monoisotopic (exact) mass is 495 g/mol. The van der Waals surface area contributed by atoms with E-state index in [1.807, 2.05) is 0 Å². The van der Waals surface area contributed by atoms with Crippen molar-refractivity contribution >= 4 is 43.5 Å². The number of morpholine rings is 1. The minimum absolute atomic E-state index is 0.0443. The van der Waals surface area contributed by atoms with E-state index >= 15 is 0 Å². The summed E-state index contributed by atoms with van der Waals surface area (Å²) in [4.78, 5) is 26.6. The van der Waals surface area contributed by atoms with Crippen LogP contribution in [0.1, 0.15) is 16.8 Å². The number of nitrogens with zero attached hydrogens (tertiary/aromatic N) is 1. The van der Waals surface area contributed by atoms with Crippen LogP contribution in [0.4, 0.5) is 5.69 Å². The number of sulfonamides is 1. The smallest absolute Gasteiger partial charge is 0.254 e. The van der Waals surface area contributed by atoms with Crippen LogP contribution in [-0.4, -0.2) is 58.0 Å². The number of anilines is 1. The Bertz CT molecular complexity index is 1010. The second-order valence-corrected chi connectivity index (χ2v) is 9.32. The van der Waals surface area contributed by atoms with Gasteiger partial charge in [0.25, 0.3) is 5.91 Å². The van der Waals surface area contributed by atoms with Crippen LogP contribution in [0.25, 0.3) is 0 Å². The highest BCUT2D eigenvalue weighted by atomic mass is 79.9. The summed E-state index contributed by atoms with van der Waals surface area (Å²) >= 11 is 3.25. The predicted molar refractivity (Wildman–Crippen MR) is 116 cm³/mol. The second kappa shape index (κ2) is 10.2. The number of rotatable bonds is 7. The molecule has 160 valence electrons. The van der Waals surface area contributed by atoms with Crippen LogP contribution in [0.15, 0.2) is 57.9 Å². The first kappa shape index (κ1) is 22.4. The molecule has 0 unspecified atom stereocenters. The summed E-state index contributed by atoms with van der Waals surface area (Å²) in [5, 5.41) is 2.70. The largest absolute Gasteiger partial charge is 0.378 e. The Morgan fingerprint density at radius 3 is 2.47 bits per heavy atom. The van der Waals surface area contributed by atoms with E-state index in [4.69, 9.17) is 4.74 Å². The van der Waals surface area contributed by atoms with Crippen LogP contribution in [0.3, 0.4) is 0 Å². The number of hydrogen-bond acceptors (Lipinski definition) is 5. The number of hydrogen-bond donors (Lipinski definition) is 2. The molecule has 30 heavy (non-hydrogen) atoms. The van der Waals surface area contributed by atoms with Crippen molar-refractivity contribution in [3.63, 3.8) is 0 Å². The number of carbonyl (C=O) groups excluding carboxylic acids is 2. The van der Waals surface area contributed by atoms with E-state index in [1.54, 1.807) is 41.3 Å². The second-order valence-electron chi connectivity index (χ2n) is 6.64. The highest BCUT2D eigenvalue weighted by Gasteiger charge is 2.19. The first-order valence-corrected chi connectivity index (χ1v) is 11.6. The van der Waals surface area contributed by atoms with E-state index in [2.05, 4.69) is 26.0 Å². The fraction of sp³-hybridized carbons (Fsp3) is 0.300. The molecule has 1 aliphatic rings. The highest BCUT2D eigenvalue weighted by Crippen LogP contribution is 2.15. The zero-order chi connectivity index (χ0) is 21.6. The third-order valence-electron chi connectivity index (χ3n) is 4.46. The Balaban J connectivity index is 1.52. The molecule has 0 bridgehead atoms. The Labute approximate surface area is 183 Å². The molecule has 1 fully saturated rings. The van der Waals surface area contributed by atoms with Crippen LogP contribution < -0.4 is 10.0 Å². The molecule has 0 saturated carbocycles. The highest BCUT2D eigenvalue weighted by molar-refractivity contribution is 9.10. The summed E-state index contributed by atoms with van der Waals surface area (Å²) in [6.07, 6.45) is -0.0443. The van der Waals surface area contributed by atoms with Gasteiger partial charge in [-0.3, -0.25) is 9.59 Å². The van der Waals surface area contributed by atoms with Gasteiger partial charge in [-0.1, -0.05) is 22.0 Å². The van der Waals surface area contributed by atoms with E-state index in [0.717, 1.165) is 4.47 Å². The summed E-state index contributed by atoms with van der Waals surface area (Å²) in [6, 6.07) is 12.9. The molecule has 3 rings (SSSR count). The number of ether oxygens (including phenoxy) is 1. The zero-order valence-electron chi connectivity index (χ0n) is 16.1. The standard InChI is InChI=1S/C20H22BrN3O5S/c21-16-4-6-18(7-5-16)30(27,28)22-9-8-19(25)23-17-3-1-2-15(14-17)20(26)24-10-12-29-13-11-24/h1-7,14,22H,8-13H2,(H,23,25). The lowest BCUT2D eigenvalue weighted by Gasteiger charge is -2.27.